The number of rotatable bonds is 4. The molecule has 172 valence electrons. The lowest BCUT2D eigenvalue weighted by Gasteiger charge is -2.61. The minimum atomic E-state index is -0.128. The Morgan fingerprint density at radius 1 is 1.16 bits per heavy atom. The first-order valence-corrected chi connectivity index (χ1v) is 12.6. The molecule has 5 rings (SSSR count). The second kappa shape index (κ2) is 8.04. The third kappa shape index (κ3) is 3.41. The van der Waals surface area contributed by atoms with Crippen molar-refractivity contribution in [1.29, 1.82) is 0 Å². The Balaban J connectivity index is 1.42. The standard InChI is InChI=1S/C28H38N2O2/c1-27-15-7-10-22(27)20-11-12-23-28(2,16-13-24(31)30(23)3)25(20)21(18-27)26(32)29-17-14-19-8-5-4-6-9-19/h4-6,8-9,13,16,20-23,25H,7,10-12,14-15,17-18H2,1-3H3,(H,29,32)/t20-,21?,22-,23?,25-,27-,28-/m0/s1. The molecule has 4 aliphatic rings. The molecule has 1 heterocycles. The lowest BCUT2D eigenvalue weighted by molar-refractivity contribution is -0.154. The zero-order valence-corrected chi connectivity index (χ0v) is 19.8. The molecule has 0 aromatic heterocycles. The van der Waals surface area contributed by atoms with E-state index in [1.165, 1.54) is 24.8 Å². The summed E-state index contributed by atoms with van der Waals surface area (Å²) in [6.45, 7) is 5.47. The Bertz CT molecular complexity index is 911. The Morgan fingerprint density at radius 3 is 2.72 bits per heavy atom. The highest BCUT2D eigenvalue weighted by atomic mass is 16.2. The van der Waals surface area contributed by atoms with Gasteiger partial charge in [0, 0.05) is 31.0 Å². The first kappa shape index (κ1) is 21.7. The van der Waals surface area contributed by atoms with Crippen LogP contribution in [0.2, 0.25) is 0 Å². The second-order valence-corrected chi connectivity index (χ2v) is 11.4. The molecule has 3 fully saturated rings. The van der Waals surface area contributed by atoms with E-state index in [9.17, 15) is 9.59 Å². The van der Waals surface area contributed by atoms with Gasteiger partial charge in [-0.25, -0.2) is 0 Å². The van der Waals surface area contributed by atoms with E-state index in [2.05, 4.69) is 49.5 Å². The van der Waals surface area contributed by atoms with Crippen molar-refractivity contribution < 1.29 is 9.59 Å². The summed E-state index contributed by atoms with van der Waals surface area (Å²) in [6.07, 6.45) is 11.9. The van der Waals surface area contributed by atoms with Crippen LogP contribution in [-0.2, 0) is 16.0 Å². The summed E-state index contributed by atoms with van der Waals surface area (Å²) in [5.74, 6) is 1.97. The number of likely N-dealkylation sites (N-methyl/N-ethyl adjacent to an activating group) is 1. The number of carbonyl (C=O) groups is 2. The summed E-state index contributed by atoms with van der Waals surface area (Å²) in [5.41, 5.74) is 1.42. The molecule has 1 aliphatic heterocycles. The normalized spacial score (nSPS) is 40.4. The van der Waals surface area contributed by atoms with E-state index >= 15 is 0 Å². The van der Waals surface area contributed by atoms with Crippen LogP contribution < -0.4 is 5.32 Å². The molecule has 1 N–H and O–H groups in total. The van der Waals surface area contributed by atoms with E-state index in [0.717, 1.165) is 31.6 Å². The van der Waals surface area contributed by atoms with E-state index in [1.54, 1.807) is 6.08 Å². The Labute approximate surface area is 192 Å². The second-order valence-electron chi connectivity index (χ2n) is 11.4. The minimum absolute atomic E-state index is 0.0224. The molecule has 0 bridgehead atoms. The molecular formula is C28H38N2O2. The zero-order valence-electron chi connectivity index (χ0n) is 19.8. The van der Waals surface area contributed by atoms with E-state index in [0.29, 0.717) is 18.4 Å². The number of carbonyl (C=O) groups excluding carboxylic acids is 2. The van der Waals surface area contributed by atoms with Crippen LogP contribution in [0, 0.1) is 34.5 Å². The Morgan fingerprint density at radius 2 is 1.94 bits per heavy atom. The first-order valence-electron chi connectivity index (χ1n) is 12.6. The summed E-state index contributed by atoms with van der Waals surface area (Å²) in [4.78, 5) is 28.1. The number of nitrogens with one attached hydrogen (secondary N) is 1. The quantitative estimate of drug-likeness (QED) is 0.753. The highest BCUT2D eigenvalue weighted by Gasteiger charge is 2.62. The predicted molar refractivity (Wildman–Crippen MR) is 127 cm³/mol. The van der Waals surface area contributed by atoms with Crippen molar-refractivity contribution in [2.24, 2.45) is 34.5 Å². The maximum Gasteiger partial charge on any atom is 0.246 e. The molecule has 1 aromatic carbocycles. The average molecular weight is 435 g/mol. The number of fused-ring (bicyclic) bond motifs is 5. The lowest BCUT2D eigenvalue weighted by atomic mass is 9.45. The summed E-state index contributed by atoms with van der Waals surface area (Å²) in [5, 5.41) is 3.32. The fraction of sp³-hybridized carbons (Fsp3) is 0.643. The lowest BCUT2D eigenvalue weighted by Crippen LogP contribution is -2.63. The smallest absolute Gasteiger partial charge is 0.246 e. The van der Waals surface area contributed by atoms with E-state index < -0.39 is 0 Å². The van der Waals surface area contributed by atoms with Gasteiger partial charge < -0.3 is 10.2 Å². The number of hydrogen-bond donors (Lipinski definition) is 1. The van der Waals surface area contributed by atoms with Gasteiger partial charge >= 0.3 is 0 Å². The highest BCUT2D eigenvalue weighted by molar-refractivity contribution is 5.89. The van der Waals surface area contributed by atoms with Crippen LogP contribution in [0.3, 0.4) is 0 Å². The number of amides is 2. The summed E-state index contributed by atoms with van der Waals surface area (Å²) < 4.78 is 0. The number of nitrogens with zero attached hydrogens (tertiary/aromatic N) is 1. The fourth-order valence-electron chi connectivity index (χ4n) is 8.30. The van der Waals surface area contributed by atoms with Gasteiger partial charge in [-0.1, -0.05) is 56.7 Å². The van der Waals surface area contributed by atoms with E-state index in [1.807, 2.05) is 18.0 Å². The summed E-state index contributed by atoms with van der Waals surface area (Å²) in [7, 11) is 1.95. The molecule has 0 saturated heterocycles. The van der Waals surface area contributed by atoms with Crippen LogP contribution in [0.15, 0.2) is 42.5 Å². The van der Waals surface area contributed by atoms with Crippen molar-refractivity contribution in [1.82, 2.24) is 10.2 Å². The summed E-state index contributed by atoms with van der Waals surface area (Å²) in [6, 6.07) is 10.6. The van der Waals surface area contributed by atoms with E-state index in [-0.39, 0.29) is 34.6 Å². The highest BCUT2D eigenvalue weighted by Crippen LogP contribution is 2.65. The maximum atomic E-state index is 13.7. The molecule has 32 heavy (non-hydrogen) atoms. The number of benzene rings is 1. The van der Waals surface area contributed by atoms with Gasteiger partial charge in [-0.05, 0) is 73.3 Å². The zero-order chi connectivity index (χ0) is 22.5. The Kier molecular flexibility index (Phi) is 5.46. The van der Waals surface area contributed by atoms with Crippen molar-refractivity contribution in [3.8, 4) is 0 Å². The monoisotopic (exact) mass is 434 g/mol. The first-order chi connectivity index (χ1) is 15.3. The molecule has 4 heteroatoms. The van der Waals surface area contributed by atoms with Crippen LogP contribution in [0.1, 0.15) is 57.9 Å². The third-order valence-electron chi connectivity index (χ3n) is 9.76. The van der Waals surface area contributed by atoms with Crippen LogP contribution >= 0.6 is 0 Å². The summed E-state index contributed by atoms with van der Waals surface area (Å²) >= 11 is 0. The molecule has 4 nitrogen and oxygen atoms in total. The molecule has 2 amide bonds. The van der Waals surface area contributed by atoms with Gasteiger partial charge in [-0.3, -0.25) is 9.59 Å². The minimum Gasteiger partial charge on any atom is -0.356 e. The van der Waals surface area contributed by atoms with Crippen LogP contribution in [0.5, 0.6) is 0 Å². The van der Waals surface area contributed by atoms with Crippen molar-refractivity contribution in [3.63, 3.8) is 0 Å². The molecular weight excluding hydrogens is 396 g/mol. The van der Waals surface area contributed by atoms with Gasteiger partial charge in [0.25, 0.3) is 0 Å². The van der Waals surface area contributed by atoms with Crippen LogP contribution in [0.25, 0.3) is 0 Å². The van der Waals surface area contributed by atoms with Crippen molar-refractivity contribution in [2.75, 3.05) is 13.6 Å². The van der Waals surface area contributed by atoms with Gasteiger partial charge in [0.2, 0.25) is 11.8 Å². The molecule has 2 unspecified atom stereocenters. The topological polar surface area (TPSA) is 49.4 Å². The molecule has 3 saturated carbocycles. The SMILES string of the molecule is CN1C(=O)C=C[C@@]2(C)C1CC[C@@H]1[C@H]2C(C(=O)NCCc2ccccc2)C[C@]2(C)CCC[C@@H]12. The van der Waals surface area contributed by atoms with Gasteiger partial charge in [-0.15, -0.1) is 0 Å². The average Bonchev–Trinajstić information content (AvgIpc) is 3.18. The van der Waals surface area contributed by atoms with Crippen LogP contribution in [-0.4, -0.2) is 36.3 Å². The van der Waals surface area contributed by atoms with Gasteiger partial charge in [0.05, 0.1) is 0 Å². The van der Waals surface area contributed by atoms with Gasteiger partial charge in [0.15, 0.2) is 0 Å². The Hall–Kier alpha value is -2.10. The molecule has 0 radical (unpaired) electrons. The maximum absolute atomic E-state index is 13.7. The molecule has 1 aromatic rings. The van der Waals surface area contributed by atoms with Crippen molar-refractivity contribution in [2.45, 2.75) is 64.8 Å². The molecule has 7 atom stereocenters. The van der Waals surface area contributed by atoms with Gasteiger partial charge in [-0.2, -0.15) is 0 Å². The molecule has 3 aliphatic carbocycles. The molecule has 0 spiro atoms. The van der Waals surface area contributed by atoms with E-state index in [4.69, 9.17) is 0 Å². The van der Waals surface area contributed by atoms with Crippen molar-refractivity contribution >= 4 is 11.8 Å². The fourth-order valence-corrected chi connectivity index (χ4v) is 8.30. The number of hydrogen-bond acceptors (Lipinski definition) is 2. The van der Waals surface area contributed by atoms with Crippen LogP contribution in [0.4, 0.5) is 0 Å². The van der Waals surface area contributed by atoms with Crippen molar-refractivity contribution in [3.05, 3.63) is 48.0 Å². The third-order valence-corrected chi connectivity index (χ3v) is 9.76. The van der Waals surface area contributed by atoms with Gasteiger partial charge in [0.1, 0.15) is 0 Å². The predicted octanol–water partition coefficient (Wildman–Crippen LogP) is 4.60. The largest absolute Gasteiger partial charge is 0.356 e.